The number of sulfonamides is 1. The number of nitrogens with one attached hydrogen (secondary N) is 1. The summed E-state index contributed by atoms with van der Waals surface area (Å²) in [6.07, 6.45) is 2.80. The minimum atomic E-state index is -4.00. The summed E-state index contributed by atoms with van der Waals surface area (Å²) in [6, 6.07) is 16.3. The number of benzene rings is 2. The van der Waals surface area contributed by atoms with Gasteiger partial charge in [0.1, 0.15) is 18.1 Å². The van der Waals surface area contributed by atoms with E-state index >= 15 is 0 Å². The van der Waals surface area contributed by atoms with E-state index in [1.54, 1.807) is 48.5 Å². The van der Waals surface area contributed by atoms with Crippen LogP contribution in [-0.4, -0.2) is 33.7 Å². The second kappa shape index (κ2) is 9.94. The van der Waals surface area contributed by atoms with Crippen LogP contribution < -0.4 is 14.5 Å². The highest BCUT2D eigenvalue weighted by Gasteiger charge is 2.27. The molecule has 1 amide bonds. The van der Waals surface area contributed by atoms with Gasteiger partial charge in [-0.15, -0.1) is 0 Å². The van der Waals surface area contributed by atoms with Crippen molar-refractivity contribution in [1.82, 2.24) is 5.43 Å². The number of anilines is 1. The van der Waals surface area contributed by atoms with Gasteiger partial charge < -0.3 is 9.15 Å². The van der Waals surface area contributed by atoms with Crippen molar-refractivity contribution in [3.05, 3.63) is 78.3 Å². The first-order valence-electron chi connectivity index (χ1n) is 9.58. The zero-order valence-electron chi connectivity index (χ0n) is 17.2. The maximum atomic E-state index is 13.3. The maximum Gasteiger partial charge on any atom is 0.264 e. The molecule has 8 nitrogen and oxygen atoms in total. The largest absolute Gasteiger partial charge is 0.494 e. The summed E-state index contributed by atoms with van der Waals surface area (Å²) >= 11 is 0. The fourth-order valence-electron chi connectivity index (χ4n) is 2.73. The van der Waals surface area contributed by atoms with E-state index in [0.29, 0.717) is 23.8 Å². The van der Waals surface area contributed by atoms with Crippen LogP contribution in [0.15, 0.2) is 81.3 Å². The summed E-state index contributed by atoms with van der Waals surface area (Å²) in [6.45, 7) is 3.75. The molecule has 2 aromatic carbocycles. The Morgan fingerprint density at radius 2 is 1.84 bits per heavy atom. The van der Waals surface area contributed by atoms with Gasteiger partial charge in [0.05, 0.1) is 29.7 Å². The molecule has 0 saturated carbocycles. The molecular formula is C22H23N3O5S. The number of carbonyl (C=O) groups excluding carboxylic acids is 1. The van der Waals surface area contributed by atoms with Crippen molar-refractivity contribution in [2.75, 3.05) is 17.5 Å². The predicted molar refractivity (Wildman–Crippen MR) is 118 cm³/mol. The third-order valence-corrected chi connectivity index (χ3v) is 6.04. The summed E-state index contributed by atoms with van der Waals surface area (Å²) in [5.41, 5.74) is 3.58. The average Bonchev–Trinajstić information content (AvgIpc) is 3.27. The molecule has 0 aliphatic carbocycles. The molecular weight excluding hydrogens is 418 g/mol. The van der Waals surface area contributed by atoms with Crippen LogP contribution in [0.2, 0.25) is 0 Å². The van der Waals surface area contributed by atoms with Crippen LogP contribution in [-0.2, 0) is 14.8 Å². The molecule has 0 unspecified atom stereocenters. The second-order valence-corrected chi connectivity index (χ2v) is 8.42. The number of aryl methyl sites for hydroxylation is 1. The lowest BCUT2D eigenvalue weighted by atomic mass is 10.2. The van der Waals surface area contributed by atoms with Crippen molar-refractivity contribution in [3.63, 3.8) is 0 Å². The lowest BCUT2D eigenvalue weighted by Crippen LogP contribution is -2.39. The summed E-state index contributed by atoms with van der Waals surface area (Å²) in [5.74, 6) is 0.453. The van der Waals surface area contributed by atoms with Gasteiger partial charge in [-0.05, 0) is 62.4 Å². The van der Waals surface area contributed by atoms with Crippen molar-refractivity contribution >= 4 is 27.8 Å². The molecule has 0 spiro atoms. The van der Waals surface area contributed by atoms with Crippen LogP contribution in [0.25, 0.3) is 0 Å². The monoisotopic (exact) mass is 441 g/mol. The van der Waals surface area contributed by atoms with E-state index in [2.05, 4.69) is 10.5 Å². The zero-order valence-corrected chi connectivity index (χ0v) is 18.0. The molecule has 0 saturated heterocycles. The quantitative estimate of drug-likeness (QED) is 0.405. The Bertz CT molecular complexity index is 1120. The molecule has 3 aromatic rings. The highest BCUT2D eigenvalue weighted by molar-refractivity contribution is 7.92. The summed E-state index contributed by atoms with van der Waals surface area (Å²) in [7, 11) is -4.00. The van der Waals surface area contributed by atoms with E-state index < -0.39 is 22.5 Å². The molecule has 1 N–H and O–H groups in total. The van der Waals surface area contributed by atoms with Gasteiger partial charge in [-0.25, -0.2) is 13.8 Å². The first kappa shape index (κ1) is 22.1. The standard InChI is InChI=1S/C22H23N3O5S/c1-3-29-19-10-8-18(9-11-19)25(31(27,28)21-12-6-17(2)7-13-21)16-22(26)24-23-15-20-5-4-14-30-20/h4-15H,3,16H2,1-2H3,(H,24,26)/b23-15-. The molecule has 9 heteroatoms. The molecule has 1 heterocycles. The SMILES string of the molecule is CCOc1ccc(N(CC(=O)N/N=C\c2ccco2)S(=O)(=O)c2ccc(C)cc2)cc1. The highest BCUT2D eigenvalue weighted by atomic mass is 32.2. The van der Waals surface area contributed by atoms with E-state index in [0.717, 1.165) is 9.87 Å². The average molecular weight is 442 g/mol. The van der Waals surface area contributed by atoms with Gasteiger partial charge in [0.15, 0.2) is 0 Å². The summed E-state index contributed by atoms with van der Waals surface area (Å²) in [5, 5.41) is 3.81. The minimum absolute atomic E-state index is 0.0823. The topological polar surface area (TPSA) is 101 Å². The van der Waals surface area contributed by atoms with E-state index in [1.807, 2.05) is 13.8 Å². The van der Waals surface area contributed by atoms with Gasteiger partial charge in [-0.2, -0.15) is 5.10 Å². The predicted octanol–water partition coefficient (Wildman–Crippen LogP) is 3.33. The number of ether oxygens (including phenoxy) is 1. The smallest absolute Gasteiger partial charge is 0.264 e. The summed E-state index contributed by atoms with van der Waals surface area (Å²) in [4.78, 5) is 12.6. The number of hydrazone groups is 1. The van der Waals surface area contributed by atoms with Gasteiger partial charge in [0, 0.05) is 0 Å². The van der Waals surface area contributed by atoms with Gasteiger partial charge >= 0.3 is 0 Å². The van der Waals surface area contributed by atoms with E-state index in [9.17, 15) is 13.2 Å². The normalized spacial score (nSPS) is 11.4. The van der Waals surface area contributed by atoms with E-state index in [-0.39, 0.29) is 4.90 Å². The number of amides is 1. The number of hydrogen-bond acceptors (Lipinski definition) is 6. The van der Waals surface area contributed by atoms with E-state index in [1.165, 1.54) is 24.6 Å². The minimum Gasteiger partial charge on any atom is -0.494 e. The molecule has 0 aliphatic rings. The Labute approximate surface area is 181 Å². The van der Waals surface area contributed by atoms with Crippen LogP contribution in [0.4, 0.5) is 5.69 Å². The number of carbonyl (C=O) groups is 1. The molecule has 1 aromatic heterocycles. The van der Waals surface area contributed by atoms with Gasteiger partial charge in [-0.1, -0.05) is 17.7 Å². The van der Waals surface area contributed by atoms with Crippen molar-refractivity contribution in [2.24, 2.45) is 5.10 Å². The van der Waals surface area contributed by atoms with Crippen molar-refractivity contribution in [1.29, 1.82) is 0 Å². The molecule has 3 rings (SSSR count). The van der Waals surface area contributed by atoms with Gasteiger partial charge in [-0.3, -0.25) is 9.10 Å². The van der Waals surface area contributed by atoms with Crippen LogP contribution >= 0.6 is 0 Å². The van der Waals surface area contributed by atoms with Crippen LogP contribution in [0.5, 0.6) is 5.75 Å². The van der Waals surface area contributed by atoms with Gasteiger partial charge in [0.2, 0.25) is 0 Å². The fraction of sp³-hybridized carbons (Fsp3) is 0.182. The Morgan fingerprint density at radius 1 is 1.13 bits per heavy atom. The molecule has 0 atom stereocenters. The van der Waals surface area contributed by atoms with Gasteiger partial charge in [0.25, 0.3) is 15.9 Å². The van der Waals surface area contributed by atoms with Crippen LogP contribution in [0.1, 0.15) is 18.2 Å². The van der Waals surface area contributed by atoms with Crippen LogP contribution in [0.3, 0.4) is 0 Å². The molecule has 162 valence electrons. The first-order valence-corrected chi connectivity index (χ1v) is 11.0. The molecule has 0 fully saturated rings. The fourth-order valence-corrected chi connectivity index (χ4v) is 4.15. The lowest BCUT2D eigenvalue weighted by molar-refractivity contribution is -0.119. The Hall–Kier alpha value is -3.59. The van der Waals surface area contributed by atoms with E-state index in [4.69, 9.17) is 9.15 Å². The second-order valence-electron chi connectivity index (χ2n) is 6.56. The van der Waals surface area contributed by atoms with Crippen molar-refractivity contribution < 1.29 is 22.4 Å². The zero-order chi connectivity index (χ0) is 22.3. The lowest BCUT2D eigenvalue weighted by Gasteiger charge is -2.24. The Balaban J connectivity index is 1.86. The maximum absolute atomic E-state index is 13.3. The van der Waals surface area contributed by atoms with Crippen LogP contribution in [0, 0.1) is 6.92 Å². The molecule has 0 aliphatic heterocycles. The first-order chi connectivity index (χ1) is 14.9. The molecule has 31 heavy (non-hydrogen) atoms. The molecule has 0 radical (unpaired) electrons. The number of nitrogens with zero attached hydrogens (tertiary/aromatic N) is 2. The Kier molecular flexibility index (Phi) is 7.09. The molecule has 0 bridgehead atoms. The van der Waals surface area contributed by atoms with Crippen molar-refractivity contribution in [3.8, 4) is 5.75 Å². The number of rotatable bonds is 9. The third-order valence-electron chi connectivity index (χ3n) is 4.26. The Morgan fingerprint density at radius 3 is 2.45 bits per heavy atom. The van der Waals surface area contributed by atoms with Crippen molar-refractivity contribution in [2.45, 2.75) is 18.7 Å². The highest BCUT2D eigenvalue weighted by Crippen LogP contribution is 2.26. The number of hydrogen-bond donors (Lipinski definition) is 1. The summed E-state index contributed by atoms with van der Waals surface area (Å²) < 4.78 is 38.2. The third kappa shape index (κ3) is 5.73. The number of furan rings is 1.